The van der Waals surface area contributed by atoms with Crippen LogP contribution in [0.15, 0.2) is 66.0 Å². The third kappa shape index (κ3) is 4.58. The van der Waals surface area contributed by atoms with E-state index in [9.17, 15) is 14.0 Å². The Bertz CT molecular complexity index is 1250. The molecule has 6 rings (SSSR count). The maximum Gasteiger partial charge on any atom is 0.236 e. The molecule has 0 radical (unpaired) electrons. The third-order valence-electron chi connectivity index (χ3n) is 7.85. The van der Waals surface area contributed by atoms with Crippen molar-refractivity contribution in [1.82, 2.24) is 14.7 Å². The number of fused-ring (bicyclic) bond motifs is 1. The Morgan fingerprint density at radius 1 is 0.889 bits per heavy atom. The second kappa shape index (κ2) is 9.79. The highest BCUT2D eigenvalue weighted by molar-refractivity contribution is 7.10. The van der Waals surface area contributed by atoms with Gasteiger partial charge in [-0.15, -0.1) is 11.3 Å². The molecule has 5 nitrogen and oxygen atoms in total. The molecule has 3 aliphatic rings. The first-order valence-electron chi connectivity index (χ1n) is 12.8. The Kier molecular flexibility index (Phi) is 6.36. The summed E-state index contributed by atoms with van der Waals surface area (Å²) in [7, 11) is 0. The van der Waals surface area contributed by atoms with Gasteiger partial charge in [-0.05, 0) is 59.0 Å². The number of halogens is 1. The van der Waals surface area contributed by atoms with Crippen molar-refractivity contribution in [2.75, 3.05) is 39.3 Å². The predicted molar refractivity (Wildman–Crippen MR) is 138 cm³/mol. The van der Waals surface area contributed by atoms with Crippen LogP contribution in [-0.2, 0) is 16.0 Å². The van der Waals surface area contributed by atoms with Gasteiger partial charge < -0.3 is 9.80 Å². The van der Waals surface area contributed by atoms with E-state index in [1.54, 1.807) is 23.5 Å². The van der Waals surface area contributed by atoms with Gasteiger partial charge in [-0.3, -0.25) is 14.5 Å². The number of piperazine rings is 1. The Hall–Kier alpha value is -3.03. The summed E-state index contributed by atoms with van der Waals surface area (Å²) in [5.41, 5.74) is 3.31. The second-order valence-electron chi connectivity index (χ2n) is 10.0. The van der Waals surface area contributed by atoms with E-state index >= 15 is 0 Å². The first-order valence-corrected chi connectivity index (χ1v) is 13.6. The number of nitrogens with zero attached hydrogens (tertiary/aromatic N) is 3. The molecule has 0 bridgehead atoms. The summed E-state index contributed by atoms with van der Waals surface area (Å²) < 4.78 is 14.1. The molecule has 7 heteroatoms. The minimum atomic E-state index is -0.257. The van der Waals surface area contributed by atoms with Crippen LogP contribution in [0.2, 0.25) is 0 Å². The fourth-order valence-electron chi connectivity index (χ4n) is 5.83. The molecule has 2 fully saturated rings. The summed E-state index contributed by atoms with van der Waals surface area (Å²) in [4.78, 5) is 33.7. The van der Waals surface area contributed by atoms with Crippen molar-refractivity contribution in [3.05, 3.63) is 93.4 Å². The summed E-state index contributed by atoms with van der Waals surface area (Å²) in [6, 6.07) is 19.0. The van der Waals surface area contributed by atoms with Crippen LogP contribution in [0.1, 0.15) is 39.9 Å². The first kappa shape index (κ1) is 23.4. The average Bonchev–Trinajstić information content (AvgIpc) is 3.57. The van der Waals surface area contributed by atoms with Crippen LogP contribution < -0.4 is 0 Å². The molecule has 0 N–H and O–H groups in total. The predicted octanol–water partition coefficient (Wildman–Crippen LogP) is 4.31. The molecule has 1 saturated carbocycles. The zero-order chi connectivity index (χ0) is 24.6. The second-order valence-corrected chi connectivity index (χ2v) is 11.0. The third-order valence-corrected chi connectivity index (χ3v) is 8.84. The maximum atomic E-state index is 14.1. The lowest BCUT2D eigenvalue weighted by molar-refractivity contribution is -0.141. The molecular weight excluding hydrogens is 473 g/mol. The van der Waals surface area contributed by atoms with Crippen LogP contribution in [0, 0.1) is 11.7 Å². The minimum absolute atomic E-state index is 0.0786. The molecule has 2 aromatic carbocycles. The van der Waals surface area contributed by atoms with Crippen molar-refractivity contribution in [2.45, 2.75) is 24.8 Å². The molecule has 186 valence electrons. The number of benzene rings is 2. The molecule has 3 aromatic rings. The van der Waals surface area contributed by atoms with Crippen LogP contribution >= 0.6 is 11.3 Å². The highest BCUT2D eigenvalue weighted by atomic mass is 32.1. The maximum absolute atomic E-state index is 14.1. The standard InChI is InChI=1S/C29H30FN3O2S/c30-22-8-4-7-21(17-22)28-23-10-16-36-26(23)9-11-33(28)19-27(34)31-12-14-32(15-13-31)29(35)25-18-24(25)20-5-2-1-3-6-20/h1-8,10,16-17,24-25,28H,9,11-15,18-19H2/t24-,25?,28?/m0/s1. The summed E-state index contributed by atoms with van der Waals surface area (Å²) in [6.07, 6.45) is 1.82. The Balaban J connectivity index is 1.08. The normalized spacial score (nSPS) is 23.9. The Morgan fingerprint density at radius 2 is 1.64 bits per heavy atom. The van der Waals surface area contributed by atoms with Gasteiger partial charge in [0.25, 0.3) is 0 Å². The molecule has 1 aliphatic carbocycles. The highest BCUT2D eigenvalue weighted by Crippen LogP contribution is 2.48. The topological polar surface area (TPSA) is 43.9 Å². The van der Waals surface area contributed by atoms with E-state index in [1.165, 1.54) is 22.1 Å². The molecule has 3 heterocycles. The van der Waals surface area contributed by atoms with Crippen LogP contribution in [0.3, 0.4) is 0 Å². The molecule has 36 heavy (non-hydrogen) atoms. The van der Waals surface area contributed by atoms with Crippen molar-refractivity contribution in [2.24, 2.45) is 5.92 Å². The lowest BCUT2D eigenvalue weighted by atomic mass is 9.93. The number of carbonyl (C=O) groups excluding carboxylic acids is 2. The van der Waals surface area contributed by atoms with E-state index in [1.807, 2.05) is 34.1 Å². The monoisotopic (exact) mass is 503 g/mol. The number of hydrogen-bond donors (Lipinski definition) is 0. The number of amides is 2. The fourth-order valence-corrected chi connectivity index (χ4v) is 6.73. The summed E-state index contributed by atoms with van der Waals surface area (Å²) in [6.45, 7) is 3.37. The van der Waals surface area contributed by atoms with E-state index in [-0.39, 0.29) is 29.6 Å². The molecule has 2 aliphatic heterocycles. The zero-order valence-corrected chi connectivity index (χ0v) is 21.0. The Labute approximate surface area is 215 Å². The number of thiophene rings is 1. The molecule has 1 saturated heterocycles. The van der Waals surface area contributed by atoms with E-state index in [0.717, 1.165) is 24.9 Å². The van der Waals surface area contributed by atoms with E-state index in [2.05, 4.69) is 28.5 Å². The summed E-state index contributed by atoms with van der Waals surface area (Å²) in [5.74, 6) is 0.458. The minimum Gasteiger partial charge on any atom is -0.339 e. The molecule has 2 unspecified atom stereocenters. The molecule has 2 amide bonds. The van der Waals surface area contributed by atoms with E-state index in [4.69, 9.17) is 0 Å². The summed E-state index contributed by atoms with van der Waals surface area (Å²) >= 11 is 1.73. The quantitative estimate of drug-likeness (QED) is 0.521. The highest BCUT2D eigenvalue weighted by Gasteiger charge is 2.46. The van der Waals surface area contributed by atoms with Crippen molar-refractivity contribution in [3.63, 3.8) is 0 Å². The smallest absolute Gasteiger partial charge is 0.236 e. The summed E-state index contributed by atoms with van der Waals surface area (Å²) in [5, 5.41) is 2.08. The number of rotatable bonds is 5. The zero-order valence-electron chi connectivity index (χ0n) is 20.2. The lowest BCUT2D eigenvalue weighted by Gasteiger charge is -2.39. The fraction of sp³-hybridized carbons (Fsp3) is 0.379. The number of carbonyl (C=O) groups is 2. The van der Waals surface area contributed by atoms with Gasteiger partial charge in [0.05, 0.1) is 12.6 Å². The van der Waals surface area contributed by atoms with Gasteiger partial charge in [0, 0.05) is 43.5 Å². The van der Waals surface area contributed by atoms with Gasteiger partial charge in [0.2, 0.25) is 11.8 Å². The Morgan fingerprint density at radius 3 is 2.42 bits per heavy atom. The van der Waals surface area contributed by atoms with Crippen LogP contribution in [0.25, 0.3) is 0 Å². The van der Waals surface area contributed by atoms with Gasteiger partial charge in [0.1, 0.15) is 5.82 Å². The average molecular weight is 504 g/mol. The van der Waals surface area contributed by atoms with Crippen LogP contribution in [0.4, 0.5) is 4.39 Å². The molecular formula is C29H30FN3O2S. The van der Waals surface area contributed by atoms with Gasteiger partial charge in [-0.25, -0.2) is 4.39 Å². The molecule has 0 spiro atoms. The lowest BCUT2D eigenvalue weighted by Crippen LogP contribution is -2.53. The first-order chi connectivity index (χ1) is 17.6. The van der Waals surface area contributed by atoms with E-state index in [0.29, 0.717) is 38.6 Å². The van der Waals surface area contributed by atoms with Crippen LogP contribution in [0.5, 0.6) is 0 Å². The van der Waals surface area contributed by atoms with E-state index < -0.39 is 0 Å². The van der Waals surface area contributed by atoms with Crippen LogP contribution in [-0.4, -0.2) is 65.8 Å². The van der Waals surface area contributed by atoms with Gasteiger partial charge >= 0.3 is 0 Å². The van der Waals surface area contributed by atoms with Gasteiger partial charge in [-0.2, -0.15) is 0 Å². The number of hydrogen-bond acceptors (Lipinski definition) is 4. The van der Waals surface area contributed by atoms with Gasteiger partial charge in [0.15, 0.2) is 0 Å². The van der Waals surface area contributed by atoms with Crippen molar-refractivity contribution in [1.29, 1.82) is 0 Å². The molecule has 1 aromatic heterocycles. The largest absolute Gasteiger partial charge is 0.339 e. The van der Waals surface area contributed by atoms with Crippen molar-refractivity contribution < 1.29 is 14.0 Å². The molecule has 3 atom stereocenters. The van der Waals surface area contributed by atoms with Crippen molar-refractivity contribution >= 4 is 23.2 Å². The SMILES string of the molecule is O=C(CN1CCc2sccc2C1c1cccc(F)c1)N1CCN(C(=O)C2C[C@H]2c2ccccc2)CC1. The van der Waals surface area contributed by atoms with Gasteiger partial charge in [-0.1, -0.05) is 42.5 Å². The van der Waals surface area contributed by atoms with Crippen molar-refractivity contribution in [3.8, 4) is 0 Å².